The van der Waals surface area contributed by atoms with E-state index in [-0.39, 0.29) is 0 Å². The molecule has 0 atom stereocenters. The molecule has 2 nitrogen and oxygen atoms in total. The molecule has 1 rings (SSSR count). The number of benzene rings is 1. The van der Waals surface area contributed by atoms with Crippen LogP contribution < -0.4 is 5.01 Å². The van der Waals surface area contributed by atoms with Crippen LogP contribution in [0.15, 0.2) is 23.3 Å². The summed E-state index contributed by atoms with van der Waals surface area (Å²) in [7, 11) is 1.87. The molecule has 0 bridgehead atoms. The predicted octanol–water partition coefficient (Wildman–Crippen LogP) is 3.83. The minimum Gasteiger partial charge on any atom is -0.269 e. The number of rotatable bonds is 2. The van der Waals surface area contributed by atoms with Crippen molar-refractivity contribution in [3.8, 4) is 0 Å². The Labute approximate surface area is 94.1 Å². The van der Waals surface area contributed by atoms with Gasteiger partial charge in [0.25, 0.3) is 0 Å². The molecule has 0 radical (unpaired) electrons. The number of hydrazone groups is 1. The normalized spacial score (nSPS) is 9.79. The molecule has 0 heterocycles. The van der Waals surface area contributed by atoms with Crippen molar-refractivity contribution in [1.82, 2.24) is 0 Å². The summed E-state index contributed by atoms with van der Waals surface area (Å²) in [6.45, 7) is 3.88. The highest BCUT2D eigenvalue weighted by Crippen LogP contribution is 2.26. The van der Waals surface area contributed by atoms with Crippen molar-refractivity contribution in [2.75, 3.05) is 12.1 Å². The van der Waals surface area contributed by atoms with Gasteiger partial charge in [-0.05, 0) is 32.0 Å². The molecule has 0 aliphatic rings. The van der Waals surface area contributed by atoms with Crippen LogP contribution >= 0.6 is 23.2 Å². The van der Waals surface area contributed by atoms with Crippen LogP contribution in [0.2, 0.25) is 10.0 Å². The molecule has 0 saturated heterocycles. The maximum atomic E-state index is 5.89. The van der Waals surface area contributed by atoms with Crippen molar-refractivity contribution in [3.63, 3.8) is 0 Å². The van der Waals surface area contributed by atoms with Crippen LogP contribution in [0.5, 0.6) is 0 Å². The zero-order valence-electron chi connectivity index (χ0n) is 8.38. The number of halogens is 2. The lowest BCUT2D eigenvalue weighted by molar-refractivity contribution is 1.01. The van der Waals surface area contributed by atoms with E-state index in [0.29, 0.717) is 10.0 Å². The smallest absolute Gasteiger partial charge is 0.0613 e. The Kier molecular flexibility index (Phi) is 3.78. The summed E-state index contributed by atoms with van der Waals surface area (Å²) >= 11 is 11.7. The van der Waals surface area contributed by atoms with Gasteiger partial charge in [0.15, 0.2) is 0 Å². The summed E-state index contributed by atoms with van der Waals surface area (Å²) in [6, 6.07) is 5.42. The molecule has 76 valence electrons. The van der Waals surface area contributed by atoms with E-state index >= 15 is 0 Å². The molecular weight excluding hydrogens is 219 g/mol. The fourth-order valence-electron chi connectivity index (χ4n) is 1.04. The Morgan fingerprint density at radius 3 is 2.36 bits per heavy atom. The maximum Gasteiger partial charge on any atom is 0.0613 e. The Balaban J connectivity index is 2.97. The molecule has 0 aliphatic carbocycles. The lowest BCUT2D eigenvalue weighted by Gasteiger charge is -2.14. The van der Waals surface area contributed by atoms with E-state index in [1.165, 1.54) is 0 Å². The zero-order valence-corrected chi connectivity index (χ0v) is 9.89. The van der Waals surface area contributed by atoms with E-state index in [0.717, 1.165) is 11.4 Å². The monoisotopic (exact) mass is 230 g/mol. The fourth-order valence-corrected chi connectivity index (χ4v) is 1.34. The third-order valence-electron chi connectivity index (χ3n) is 1.63. The maximum absolute atomic E-state index is 5.89. The van der Waals surface area contributed by atoms with Crippen LogP contribution in [0.25, 0.3) is 0 Å². The van der Waals surface area contributed by atoms with Crippen molar-refractivity contribution in [1.29, 1.82) is 0 Å². The second-order valence-corrected chi connectivity index (χ2v) is 3.98. The van der Waals surface area contributed by atoms with Crippen molar-refractivity contribution in [3.05, 3.63) is 28.2 Å². The van der Waals surface area contributed by atoms with Gasteiger partial charge in [-0.1, -0.05) is 23.2 Å². The molecular formula is C10H12Cl2N2. The molecule has 0 spiro atoms. The molecule has 0 amide bonds. The van der Waals surface area contributed by atoms with E-state index in [1.54, 1.807) is 17.1 Å². The lowest BCUT2D eigenvalue weighted by Crippen LogP contribution is -2.10. The van der Waals surface area contributed by atoms with Gasteiger partial charge in [0.05, 0.1) is 15.7 Å². The van der Waals surface area contributed by atoms with Gasteiger partial charge < -0.3 is 0 Å². The summed E-state index contributed by atoms with van der Waals surface area (Å²) in [6.07, 6.45) is 0. The molecule has 0 saturated carbocycles. The van der Waals surface area contributed by atoms with Crippen LogP contribution in [0.1, 0.15) is 13.8 Å². The molecule has 0 unspecified atom stereocenters. The Morgan fingerprint density at radius 1 is 1.21 bits per heavy atom. The van der Waals surface area contributed by atoms with Crippen molar-refractivity contribution in [2.45, 2.75) is 13.8 Å². The van der Waals surface area contributed by atoms with Crippen LogP contribution in [-0.4, -0.2) is 12.8 Å². The molecule has 0 N–H and O–H groups in total. The molecule has 1 aromatic carbocycles. The van der Waals surface area contributed by atoms with Gasteiger partial charge in [0.2, 0.25) is 0 Å². The van der Waals surface area contributed by atoms with Crippen LogP contribution in [-0.2, 0) is 0 Å². The summed E-state index contributed by atoms with van der Waals surface area (Å²) < 4.78 is 0. The fraction of sp³-hybridized carbons (Fsp3) is 0.300. The first-order chi connectivity index (χ1) is 6.50. The standard InChI is InChI=1S/C10H12Cl2N2/c1-7(2)13-14(3)8-4-5-9(11)10(12)6-8/h4-6H,1-3H3. The Hall–Kier alpha value is -0.730. The minimum atomic E-state index is 0.542. The third kappa shape index (κ3) is 2.89. The van der Waals surface area contributed by atoms with Gasteiger partial charge in [0.1, 0.15) is 0 Å². The lowest BCUT2D eigenvalue weighted by atomic mass is 10.3. The number of anilines is 1. The summed E-state index contributed by atoms with van der Waals surface area (Å²) in [5.74, 6) is 0. The molecule has 1 aromatic rings. The third-order valence-corrected chi connectivity index (χ3v) is 2.37. The highest BCUT2D eigenvalue weighted by Gasteiger charge is 2.02. The second-order valence-electron chi connectivity index (χ2n) is 3.17. The largest absolute Gasteiger partial charge is 0.269 e. The average Bonchev–Trinajstić information content (AvgIpc) is 2.08. The van der Waals surface area contributed by atoms with Gasteiger partial charge in [-0.3, -0.25) is 5.01 Å². The van der Waals surface area contributed by atoms with Gasteiger partial charge in [-0.25, -0.2) is 0 Å². The highest BCUT2D eigenvalue weighted by molar-refractivity contribution is 6.42. The van der Waals surface area contributed by atoms with Crippen molar-refractivity contribution < 1.29 is 0 Å². The van der Waals surface area contributed by atoms with Crippen LogP contribution in [0, 0.1) is 0 Å². The minimum absolute atomic E-state index is 0.542. The van der Waals surface area contributed by atoms with E-state index in [9.17, 15) is 0 Å². The van der Waals surface area contributed by atoms with Crippen LogP contribution in [0.4, 0.5) is 5.69 Å². The Morgan fingerprint density at radius 2 is 1.86 bits per heavy atom. The van der Waals surface area contributed by atoms with E-state index in [1.807, 2.05) is 27.0 Å². The van der Waals surface area contributed by atoms with Gasteiger partial charge in [-0.15, -0.1) is 0 Å². The number of nitrogens with zero attached hydrogens (tertiary/aromatic N) is 2. The van der Waals surface area contributed by atoms with E-state index < -0.39 is 0 Å². The van der Waals surface area contributed by atoms with Crippen molar-refractivity contribution in [2.24, 2.45) is 5.10 Å². The van der Waals surface area contributed by atoms with Gasteiger partial charge >= 0.3 is 0 Å². The van der Waals surface area contributed by atoms with Crippen molar-refractivity contribution >= 4 is 34.6 Å². The molecule has 4 heteroatoms. The molecule has 0 aliphatic heterocycles. The zero-order chi connectivity index (χ0) is 10.7. The number of hydrogen-bond acceptors (Lipinski definition) is 2. The van der Waals surface area contributed by atoms with Gasteiger partial charge in [-0.2, -0.15) is 5.10 Å². The molecule has 0 aromatic heterocycles. The summed E-state index contributed by atoms with van der Waals surface area (Å²) in [5, 5.41) is 7.13. The summed E-state index contributed by atoms with van der Waals surface area (Å²) in [5.41, 5.74) is 1.90. The quantitative estimate of drug-likeness (QED) is 0.558. The topological polar surface area (TPSA) is 15.6 Å². The molecule has 14 heavy (non-hydrogen) atoms. The number of hydrogen-bond donors (Lipinski definition) is 0. The highest BCUT2D eigenvalue weighted by atomic mass is 35.5. The van der Waals surface area contributed by atoms with E-state index in [4.69, 9.17) is 23.2 Å². The first-order valence-electron chi connectivity index (χ1n) is 4.21. The second kappa shape index (κ2) is 4.67. The summed E-state index contributed by atoms with van der Waals surface area (Å²) in [4.78, 5) is 0. The SMILES string of the molecule is CC(C)=NN(C)c1ccc(Cl)c(Cl)c1. The Bertz CT molecular complexity index is 357. The van der Waals surface area contributed by atoms with Crippen LogP contribution in [0.3, 0.4) is 0 Å². The average molecular weight is 231 g/mol. The predicted molar refractivity (Wildman–Crippen MR) is 63.6 cm³/mol. The molecule has 0 fully saturated rings. The first kappa shape index (κ1) is 11.3. The van der Waals surface area contributed by atoms with Gasteiger partial charge in [0, 0.05) is 12.8 Å². The first-order valence-corrected chi connectivity index (χ1v) is 4.97. The van der Waals surface area contributed by atoms with E-state index in [2.05, 4.69) is 5.10 Å².